The van der Waals surface area contributed by atoms with E-state index < -0.39 is 6.04 Å². The number of nitrogens with zero attached hydrogens (tertiary/aromatic N) is 1. The van der Waals surface area contributed by atoms with E-state index in [9.17, 15) is 9.59 Å². The predicted octanol–water partition coefficient (Wildman–Crippen LogP) is 4.74. The zero-order valence-electron chi connectivity index (χ0n) is 16.0. The molecular weight excluding hydrogens is 360 g/mol. The summed E-state index contributed by atoms with van der Waals surface area (Å²) >= 11 is 5.96. The number of amides is 2. The second-order valence-corrected chi connectivity index (χ2v) is 7.02. The monoisotopic (exact) mass is 386 g/mol. The van der Waals surface area contributed by atoms with Crippen LogP contribution in [0.1, 0.15) is 50.3 Å². The van der Waals surface area contributed by atoms with Crippen LogP contribution in [-0.4, -0.2) is 23.3 Å². The van der Waals surface area contributed by atoms with Crippen LogP contribution < -0.4 is 5.32 Å². The van der Waals surface area contributed by atoms with E-state index in [0.29, 0.717) is 18.1 Å². The van der Waals surface area contributed by atoms with E-state index in [2.05, 4.69) is 12.2 Å². The molecule has 0 aliphatic carbocycles. The number of benzene rings is 2. The van der Waals surface area contributed by atoms with Crippen molar-refractivity contribution >= 4 is 23.4 Å². The third kappa shape index (κ3) is 6.40. The van der Waals surface area contributed by atoms with Crippen molar-refractivity contribution in [1.82, 2.24) is 10.2 Å². The molecular formula is C22H27ClN2O2. The average molecular weight is 387 g/mol. The summed E-state index contributed by atoms with van der Waals surface area (Å²) in [5.74, 6) is -0.302. The number of carbonyl (C=O) groups excluding carboxylic acids is 2. The van der Waals surface area contributed by atoms with E-state index in [1.807, 2.05) is 42.5 Å². The molecule has 0 spiro atoms. The Morgan fingerprint density at radius 2 is 1.70 bits per heavy atom. The standard InChI is InChI=1S/C22H27ClN2O2/c1-3-4-8-15-24-22(27)21(19-9-6-5-7-10-19)25(17(2)26)16-18-11-13-20(23)14-12-18/h5-7,9-14,21H,3-4,8,15-16H2,1-2H3,(H,24,27)/t21-/m1/s1. The van der Waals surface area contributed by atoms with Gasteiger partial charge in [0.25, 0.3) is 0 Å². The predicted molar refractivity (Wildman–Crippen MR) is 109 cm³/mol. The molecule has 0 aromatic heterocycles. The van der Waals surface area contributed by atoms with Gasteiger partial charge in [0.1, 0.15) is 6.04 Å². The largest absolute Gasteiger partial charge is 0.354 e. The highest BCUT2D eigenvalue weighted by molar-refractivity contribution is 6.30. The SMILES string of the molecule is CCCCCNC(=O)[C@@H](c1ccccc1)N(Cc1ccc(Cl)cc1)C(C)=O. The van der Waals surface area contributed by atoms with Gasteiger partial charge in [-0.05, 0) is 29.7 Å². The van der Waals surface area contributed by atoms with E-state index in [1.54, 1.807) is 17.0 Å². The van der Waals surface area contributed by atoms with Gasteiger partial charge in [0.2, 0.25) is 11.8 Å². The van der Waals surface area contributed by atoms with Crippen molar-refractivity contribution in [2.24, 2.45) is 0 Å². The summed E-state index contributed by atoms with van der Waals surface area (Å²) in [6.45, 7) is 4.57. The van der Waals surface area contributed by atoms with Crippen molar-refractivity contribution in [3.8, 4) is 0 Å². The molecule has 0 bridgehead atoms. The minimum Gasteiger partial charge on any atom is -0.354 e. The summed E-state index contributed by atoms with van der Waals surface area (Å²) in [6.07, 6.45) is 3.09. The molecule has 0 radical (unpaired) electrons. The number of nitrogens with one attached hydrogen (secondary N) is 1. The van der Waals surface area contributed by atoms with Crippen LogP contribution in [0.25, 0.3) is 0 Å². The molecule has 2 aromatic carbocycles. The van der Waals surface area contributed by atoms with Crippen LogP contribution in [-0.2, 0) is 16.1 Å². The first-order chi connectivity index (χ1) is 13.0. The van der Waals surface area contributed by atoms with Gasteiger partial charge in [-0.25, -0.2) is 0 Å². The Morgan fingerprint density at radius 1 is 1.04 bits per heavy atom. The lowest BCUT2D eigenvalue weighted by Crippen LogP contribution is -2.42. The molecule has 4 nitrogen and oxygen atoms in total. The average Bonchev–Trinajstić information content (AvgIpc) is 2.67. The molecule has 2 amide bonds. The quantitative estimate of drug-likeness (QED) is 0.633. The Balaban J connectivity index is 2.26. The Hall–Kier alpha value is -2.33. The van der Waals surface area contributed by atoms with Gasteiger partial charge in [0, 0.05) is 25.0 Å². The van der Waals surface area contributed by atoms with E-state index in [1.165, 1.54) is 6.92 Å². The maximum Gasteiger partial charge on any atom is 0.247 e. The van der Waals surface area contributed by atoms with Crippen LogP contribution in [0.2, 0.25) is 5.02 Å². The lowest BCUT2D eigenvalue weighted by atomic mass is 10.0. The molecule has 27 heavy (non-hydrogen) atoms. The number of hydrogen-bond donors (Lipinski definition) is 1. The zero-order valence-corrected chi connectivity index (χ0v) is 16.7. The fraction of sp³-hybridized carbons (Fsp3) is 0.364. The molecule has 0 aliphatic heterocycles. The molecule has 0 unspecified atom stereocenters. The summed E-state index contributed by atoms with van der Waals surface area (Å²) in [5, 5.41) is 3.63. The van der Waals surface area contributed by atoms with Gasteiger partial charge in [0.15, 0.2) is 0 Å². The second-order valence-electron chi connectivity index (χ2n) is 6.58. The highest BCUT2D eigenvalue weighted by Crippen LogP contribution is 2.24. The molecule has 144 valence electrons. The lowest BCUT2D eigenvalue weighted by molar-refractivity contribution is -0.140. The summed E-state index contributed by atoms with van der Waals surface area (Å²) in [5.41, 5.74) is 1.73. The fourth-order valence-electron chi connectivity index (χ4n) is 2.96. The second kappa shape index (κ2) is 10.7. The maximum absolute atomic E-state index is 13.0. The molecule has 0 fully saturated rings. The van der Waals surface area contributed by atoms with Gasteiger partial charge in [-0.2, -0.15) is 0 Å². The first kappa shape index (κ1) is 21.0. The van der Waals surface area contributed by atoms with Crippen molar-refractivity contribution in [2.75, 3.05) is 6.54 Å². The smallest absolute Gasteiger partial charge is 0.247 e. The number of rotatable bonds is 9. The molecule has 2 aromatic rings. The van der Waals surface area contributed by atoms with Crippen molar-refractivity contribution in [3.05, 3.63) is 70.7 Å². The van der Waals surface area contributed by atoms with Crippen LogP contribution in [0, 0.1) is 0 Å². The fourth-order valence-corrected chi connectivity index (χ4v) is 3.09. The van der Waals surface area contributed by atoms with Gasteiger partial charge < -0.3 is 10.2 Å². The van der Waals surface area contributed by atoms with E-state index >= 15 is 0 Å². The van der Waals surface area contributed by atoms with Crippen molar-refractivity contribution < 1.29 is 9.59 Å². The molecule has 0 saturated carbocycles. The lowest BCUT2D eigenvalue weighted by Gasteiger charge is -2.30. The molecule has 1 N–H and O–H groups in total. The first-order valence-electron chi connectivity index (χ1n) is 9.37. The third-order valence-corrected chi connectivity index (χ3v) is 4.68. The van der Waals surface area contributed by atoms with Gasteiger partial charge >= 0.3 is 0 Å². The normalized spacial score (nSPS) is 11.7. The van der Waals surface area contributed by atoms with Crippen LogP contribution in [0.4, 0.5) is 0 Å². The highest BCUT2D eigenvalue weighted by Gasteiger charge is 2.29. The van der Waals surface area contributed by atoms with Crippen molar-refractivity contribution in [1.29, 1.82) is 0 Å². The van der Waals surface area contributed by atoms with Crippen molar-refractivity contribution in [2.45, 2.75) is 45.7 Å². The first-order valence-corrected chi connectivity index (χ1v) is 9.75. The van der Waals surface area contributed by atoms with Gasteiger partial charge in [-0.3, -0.25) is 9.59 Å². The molecule has 0 aliphatic rings. The molecule has 0 heterocycles. The Labute approximate surface area is 166 Å². The van der Waals surface area contributed by atoms with E-state index in [0.717, 1.165) is 30.4 Å². The number of unbranched alkanes of at least 4 members (excludes halogenated alkanes) is 2. The molecule has 5 heteroatoms. The summed E-state index contributed by atoms with van der Waals surface area (Å²) < 4.78 is 0. The van der Waals surface area contributed by atoms with E-state index in [-0.39, 0.29) is 11.8 Å². The van der Waals surface area contributed by atoms with Crippen LogP contribution >= 0.6 is 11.6 Å². The maximum atomic E-state index is 13.0. The van der Waals surface area contributed by atoms with Crippen LogP contribution in [0.3, 0.4) is 0 Å². The molecule has 1 atom stereocenters. The van der Waals surface area contributed by atoms with Crippen molar-refractivity contribution in [3.63, 3.8) is 0 Å². The number of hydrogen-bond acceptors (Lipinski definition) is 2. The Kier molecular flexibility index (Phi) is 8.34. The zero-order chi connectivity index (χ0) is 19.6. The van der Waals surface area contributed by atoms with Gasteiger partial charge in [0.05, 0.1) is 0 Å². The summed E-state index contributed by atoms with van der Waals surface area (Å²) in [4.78, 5) is 27.0. The Morgan fingerprint density at radius 3 is 2.30 bits per heavy atom. The molecule has 2 rings (SSSR count). The van der Waals surface area contributed by atoms with Crippen LogP contribution in [0.5, 0.6) is 0 Å². The summed E-state index contributed by atoms with van der Waals surface area (Å²) in [6, 6.07) is 16.1. The molecule has 0 saturated heterocycles. The number of carbonyl (C=O) groups is 2. The van der Waals surface area contributed by atoms with E-state index in [4.69, 9.17) is 11.6 Å². The highest BCUT2D eigenvalue weighted by atomic mass is 35.5. The topological polar surface area (TPSA) is 49.4 Å². The van der Waals surface area contributed by atoms with Crippen LogP contribution in [0.15, 0.2) is 54.6 Å². The minimum atomic E-state index is -0.666. The van der Waals surface area contributed by atoms with Gasteiger partial charge in [-0.15, -0.1) is 0 Å². The Bertz CT molecular complexity index is 732. The third-order valence-electron chi connectivity index (χ3n) is 4.43. The minimum absolute atomic E-state index is 0.150. The summed E-state index contributed by atoms with van der Waals surface area (Å²) in [7, 11) is 0. The van der Waals surface area contributed by atoms with Gasteiger partial charge in [-0.1, -0.05) is 73.8 Å². The number of halogens is 1.